The maximum Gasteiger partial charge on any atom is 0.342 e. The first-order valence-electron chi connectivity index (χ1n) is 8.46. The number of benzene rings is 2. The third-order valence-electron chi connectivity index (χ3n) is 4.07. The third-order valence-corrected chi connectivity index (χ3v) is 4.07. The lowest BCUT2D eigenvalue weighted by Crippen LogP contribution is -2.07. The maximum absolute atomic E-state index is 13.9. The van der Waals surface area contributed by atoms with Crippen LogP contribution in [0.4, 0.5) is 4.39 Å². The molecule has 1 N–H and O–H groups in total. The highest BCUT2D eigenvalue weighted by molar-refractivity contribution is 5.98. The second-order valence-electron chi connectivity index (χ2n) is 6.20. The molecule has 0 aliphatic rings. The Morgan fingerprint density at radius 1 is 1.15 bits per heavy atom. The van der Waals surface area contributed by atoms with E-state index in [0.717, 1.165) is 5.57 Å². The van der Waals surface area contributed by atoms with Crippen LogP contribution < -0.4 is 4.74 Å². The van der Waals surface area contributed by atoms with Crippen LogP contribution in [0.2, 0.25) is 0 Å². The molecule has 0 aliphatic carbocycles. The normalized spacial score (nSPS) is 10.7. The van der Waals surface area contributed by atoms with Crippen LogP contribution in [-0.2, 0) is 11.2 Å². The third kappa shape index (κ3) is 4.76. The van der Waals surface area contributed by atoms with Gasteiger partial charge in [0.2, 0.25) is 0 Å². The first-order chi connectivity index (χ1) is 12.9. The number of allylic oxidation sites excluding steroid dienone is 2. The van der Waals surface area contributed by atoms with Gasteiger partial charge in [0.15, 0.2) is 0 Å². The van der Waals surface area contributed by atoms with Crippen LogP contribution in [0, 0.1) is 5.82 Å². The molecule has 0 fully saturated rings. The van der Waals surface area contributed by atoms with Crippen molar-refractivity contribution < 1.29 is 23.8 Å². The standard InChI is InChI=1S/C22H23FO4/c1-14(2)9-12-17-19(26-3)13-16(20(21(17)24)22(25)27-4)11-10-15-7-5-6-8-18(15)23/h5-11,13,24H,12H2,1-4H3/b11-10+. The van der Waals surface area contributed by atoms with E-state index in [9.17, 15) is 14.3 Å². The monoisotopic (exact) mass is 370 g/mol. The number of hydrogen-bond acceptors (Lipinski definition) is 4. The zero-order valence-corrected chi connectivity index (χ0v) is 15.9. The average Bonchev–Trinajstić information content (AvgIpc) is 2.65. The SMILES string of the molecule is COC(=O)c1c(/C=C/c2ccccc2F)cc(OC)c(CC=C(C)C)c1O. The molecule has 4 nitrogen and oxygen atoms in total. The van der Waals surface area contributed by atoms with Gasteiger partial charge >= 0.3 is 5.97 Å². The van der Waals surface area contributed by atoms with E-state index in [1.54, 1.807) is 30.3 Å². The molecule has 0 aliphatic heterocycles. The molecule has 2 aromatic carbocycles. The Balaban J connectivity index is 2.62. The zero-order chi connectivity index (χ0) is 20.0. The molecular formula is C22H23FO4. The van der Waals surface area contributed by atoms with Gasteiger partial charge < -0.3 is 14.6 Å². The topological polar surface area (TPSA) is 55.8 Å². The molecule has 2 aromatic rings. The van der Waals surface area contributed by atoms with Crippen LogP contribution in [0.3, 0.4) is 0 Å². The van der Waals surface area contributed by atoms with Crippen molar-refractivity contribution in [2.75, 3.05) is 14.2 Å². The highest BCUT2D eigenvalue weighted by Gasteiger charge is 2.22. The van der Waals surface area contributed by atoms with Crippen molar-refractivity contribution in [2.24, 2.45) is 0 Å². The van der Waals surface area contributed by atoms with E-state index in [0.29, 0.717) is 28.9 Å². The molecule has 142 valence electrons. The number of ether oxygens (including phenoxy) is 2. The fourth-order valence-electron chi connectivity index (χ4n) is 2.63. The molecule has 0 spiro atoms. The smallest absolute Gasteiger partial charge is 0.342 e. The number of halogens is 1. The van der Waals surface area contributed by atoms with Gasteiger partial charge in [0.05, 0.1) is 14.2 Å². The fourth-order valence-corrected chi connectivity index (χ4v) is 2.63. The van der Waals surface area contributed by atoms with E-state index in [-0.39, 0.29) is 17.1 Å². The Morgan fingerprint density at radius 3 is 2.41 bits per heavy atom. The van der Waals surface area contributed by atoms with Crippen molar-refractivity contribution in [3.63, 3.8) is 0 Å². The summed E-state index contributed by atoms with van der Waals surface area (Å²) in [6, 6.07) is 7.91. The molecule has 0 unspecified atom stereocenters. The van der Waals surface area contributed by atoms with E-state index < -0.39 is 5.97 Å². The van der Waals surface area contributed by atoms with Crippen molar-refractivity contribution in [3.8, 4) is 11.5 Å². The van der Waals surface area contributed by atoms with Crippen LogP contribution in [0.15, 0.2) is 42.0 Å². The first-order valence-corrected chi connectivity index (χ1v) is 8.46. The summed E-state index contributed by atoms with van der Waals surface area (Å²) < 4.78 is 24.1. The molecule has 0 saturated heterocycles. The first kappa shape index (κ1) is 20.2. The Hall–Kier alpha value is -3.08. The minimum Gasteiger partial charge on any atom is -0.507 e. The van der Waals surface area contributed by atoms with Crippen molar-refractivity contribution in [2.45, 2.75) is 20.3 Å². The molecule has 0 aromatic heterocycles. The highest BCUT2D eigenvalue weighted by Crippen LogP contribution is 2.36. The van der Waals surface area contributed by atoms with Crippen molar-refractivity contribution >= 4 is 18.1 Å². The summed E-state index contributed by atoms with van der Waals surface area (Å²) >= 11 is 0. The lowest BCUT2D eigenvalue weighted by Gasteiger charge is -2.15. The van der Waals surface area contributed by atoms with Gasteiger partial charge in [0.25, 0.3) is 0 Å². The summed E-state index contributed by atoms with van der Waals surface area (Å²) in [4.78, 5) is 12.3. The van der Waals surface area contributed by atoms with E-state index in [1.807, 2.05) is 19.9 Å². The van der Waals surface area contributed by atoms with Gasteiger partial charge in [-0.15, -0.1) is 0 Å². The van der Waals surface area contributed by atoms with Crippen LogP contribution in [0.25, 0.3) is 12.2 Å². The van der Waals surface area contributed by atoms with E-state index in [1.165, 1.54) is 26.4 Å². The molecule has 0 atom stereocenters. The van der Waals surface area contributed by atoms with Crippen LogP contribution >= 0.6 is 0 Å². The van der Waals surface area contributed by atoms with Gasteiger partial charge in [-0.1, -0.05) is 42.0 Å². The number of carbonyl (C=O) groups excluding carboxylic acids is 1. The van der Waals surface area contributed by atoms with Gasteiger partial charge in [-0.25, -0.2) is 9.18 Å². The van der Waals surface area contributed by atoms with E-state index >= 15 is 0 Å². The number of phenolic OH excluding ortho intramolecular Hbond substituents is 1. The molecule has 0 bridgehead atoms. The Morgan fingerprint density at radius 2 is 1.81 bits per heavy atom. The predicted octanol–water partition coefficient (Wildman–Crippen LogP) is 5.01. The van der Waals surface area contributed by atoms with Gasteiger partial charge in [-0.05, 0) is 38.0 Å². The summed E-state index contributed by atoms with van der Waals surface area (Å²) in [5.41, 5.74) is 2.31. The number of carbonyl (C=O) groups is 1. The number of hydrogen-bond donors (Lipinski definition) is 1. The van der Waals surface area contributed by atoms with E-state index in [4.69, 9.17) is 9.47 Å². The van der Waals surface area contributed by atoms with E-state index in [2.05, 4.69) is 0 Å². The molecule has 0 radical (unpaired) electrons. The molecule has 0 saturated carbocycles. The van der Waals surface area contributed by atoms with Gasteiger partial charge in [-0.2, -0.15) is 0 Å². The number of esters is 1. The Bertz CT molecular complexity index is 893. The molecule has 2 rings (SSSR count). The largest absolute Gasteiger partial charge is 0.507 e. The highest BCUT2D eigenvalue weighted by atomic mass is 19.1. The van der Waals surface area contributed by atoms with Crippen molar-refractivity contribution in [3.05, 3.63) is 70.1 Å². The molecule has 0 amide bonds. The summed E-state index contributed by atoms with van der Waals surface area (Å²) in [6.45, 7) is 3.88. The summed E-state index contributed by atoms with van der Waals surface area (Å²) in [5.74, 6) is -0.829. The maximum atomic E-state index is 13.9. The number of aromatic hydroxyl groups is 1. The summed E-state index contributed by atoms with van der Waals surface area (Å²) in [7, 11) is 2.73. The average molecular weight is 370 g/mol. The molecule has 27 heavy (non-hydrogen) atoms. The Labute approximate surface area is 158 Å². The number of methoxy groups -OCH3 is 2. The summed E-state index contributed by atoms with van der Waals surface area (Å²) in [5, 5.41) is 10.7. The minimum atomic E-state index is -0.679. The lowest BCUT2D eigenvalue weighted by atomic mass is 9.97. The molecule has 0 heterocycles. The van der Waals surface area contributed by atoms with Crippen molar-refractivity contribution in [1.82, 2.24) is 0 Å². The predicted molar refractivity (Wildman–Crippen MR) is 104 cm³/mol. The van der Waals surface area contributed by atoms with Gasteiger partial charge in [0, 0.05) is 11.1 Å². The number of rotatable bonds is 6. The second-order valence-corrected chi connectivity index (χ2v) is 6.20. The van der Waals surface area contributed by atoms with Crippen LogP contribution in [0.5, 0.6) is 11.5 Å². The van der Waals surface area contributed by atoms with Crippen molar-refractivity contribution in [1.29, 1.82) is 0 Å². The van der Waals surface area contributed by atoms with Gasteiger partial charge in [-0.3, -0.25) is 0 Å². The zero-order valence-electron chi connectivity index (χ0n) is 15.9. The number of phenols is 1. The second kappa shape index (κ2) is 9.03. The minimum absolute atomic E-state index is 0.0167. The molecular weight excluding hydrogens is 347 g/mol. The van der Waals surface area contributed by atoms with Crippen LogP contribution in [0.1, 0.15) is 40.9 Å². The summed E-state index contributed by atoms with van der Waals surface area (Å²) in [6.07, 6.45) is 5.41. The quantitative estimate of drug-likeness (QED) is 0.441. The van der Waals surface area contributed by atoms with Crippen LogP contribution in [-0.4, -0.2) is 25.3 Å². The lowest BCUT2D eigenvalue weighted by molar-refractivity contribution is 0.0597. The Kier molecular flexibility index (Phi) is 6.77. The molecule has 5 heteroatoms. The fraction of sp³-hybridized carbons (Fsp3) is 0.227. The van der Waals surface area contributed by atoms with Gasteiger partial charge in [0.1, 0.15) is 22.9 Å².